The van der Waals surface area contributed by atoms with E-state index >= 15 is 0 Å². The summed E-state index contributed by atoms with van der Waals surface area (Å²) in [5.41, 5.74) is -0.985. The first kappa shape index (κ1) is 17.0. The normalized spacial score (nSPS) is 13.3. The molecule has 8 nitrogen and oxygen atoms in total. The molecule has 1 aromatic rings. The first-order valence-corrected chi connectivity index (χ1v) is 7.15. The summed E-state index contributed by atoms with van der Waals surface area (Å²) in [6.45, 7) is 6.75. The second-order valence-electron chi connectivity index (χ2n) is 6.26. The summed E-state index contributed by atoms with van der Waals surface area (Å²) in [5, 5.41) is 21.1. The van der Waals surface area contributed by atoms with Crippen molar-refractivity contribution >= 4 is 12.1 Å². The summed E-state index contributed by atoms with van der Waals surface area (Å²) in [5.74, 6) is -1.84. The molecule has 1 atom stereocenters. The van der Waals surface area contributed by atoms with Crippen LogP contribution in [0.1, 0.15) is 42.4 Å². The van der Waals surface area contributed by atoms with Gasteiger partial charge in [-0.2, -0.15) is 0 Å². The maximum absolute atomic E-state index is 12.2. The molecule has 0 spiro atoms. The number of carbonyl (C=O) groups is 2. The van der Waals surface area contributed by atoms with Crippen molar-refractivity contribution in [1.82, 2.24) is 10.3 Å². The number of hydrogen-bond donors (Lipinski definition) is 4. The highest BCUT2D eigenvalue weighted by atomic mass is 16.6. The smallest absolute Gasteiger partial charge is 0.408 e. The number of amides is 1. The molecule has 1 amide bonds. The van der Waals surface area contributed by atoms with Gasteiger partial charge in [0.05, 0.1) is 0 Å². The van der Waals surface area contributed by atoms with Gasteiger partial charge in [0.2, 0.25) is 5.88 Å². The van der Waals surface area contributed by atoms with Crippen LogP contribution in [0, 0.1) is 5.92 Å². The lowest BCUT2D eigenvalue weighted by atomic mass is 10.0. The van der Waals surface area contributed by atoms with E-state index in [2.05, 4.69) is 10.3 Å². The van der Waals surface area contributed by atoms with Crippen molar-refractivity contribution in [2.45, 2.75) is 52.7 Å². The molecule has 0 aliphatic heterocycles. The van der Waals surface area contributed by atoms with Crippen molar-refractivity contribution < 1.29 is 30.6 Å². The van der Waals surface area contributed by atoms with Crippen molar-refractivity contribution in [2.75, 3.05) is 0 Å². The van der Waals surface area contributed by atoms with E-state index in [0.717, 1.165) is 6.07 Å². The number of aromatic nitrogens is 1. The van der Waals surface area contributed by atoms with E-state index in [4.69, 9.17) is 10.8 Å². The summed E-state index contributed by atoms with van der Waals surface area (Å²) < 4.78 is 17.4. The minimum Gasteiger partial charge on any atom is -0.494 e. The lowest BCUT2D eigenvalue weighted by Crippen LogP contribution is -2.45. The standard InChI is InChI=1S/C15H24N2O6/c1-8(2)6-9(16-14(21)23-15(3,4)5)13(20)22-10-7-11(18)17-12(10)19/h7-9,17-19H,6H2,1-5H3,(H,16,21)/t9-/m0/s1/i3D. The third-order valence-corrected chi connectivity index (χ3v) is 2.61. The molecule has 4 N–H and O–H groups in total. The van der Waals surface area contributed by atoms with Crippen LogP contribution in [0.15, 0.2) is 6.07 Å². The number of esters is 1. The van der Waals surface area contributed by atoms with Gasteiger partial charge in [0.25, 0.3) is 0 Å². The van der Waals surface area contributed by atoms with Crippen LogP contribution in [0.2, 0.25) is 0 Å². The van der Waals surface area contributed by atoms with Gasteiger partial charge in [0.1, 0.15) is 11.6 Å². The number of hydrogen-bond acceptors (Lipinski definition) is 6. The number of H-pyrrole nitrogens is 1. The monoisotopic (exact) mass is 329 g/mol. The van der Waals surface area contributed by atoms with Crippen LogP contribution in [0.3, 0.4) is 0 Å². The van der Waals surface area contributed by atoms with Crippen LogP contribution in [-0.4, -0.2) is 38.9 Å². The average Bonchev–Trinajstić information content (AvgIpc) is 2.75. The van der Waals surface area contributed by atoms with Gasteiger partial charge in [0.15, 0.2) is 11.6 Å². The number of ether oxygens (including phenoxy) is 2. The average molecular weight is 329 g/mol. The van der Waals surface area contributed by atoms with Gasteiger partial charge in [-0.25, -0.2) is 9.59 Å². The summed E-state index contributed by atoms with van der Waals surface area (Å²) in [7, 11) is 0. The molecule has 1 aromatic heterocycles. The fraction of sp³-hybridized carbons (Fsp3) is 0.600. The lowest BCUT2D eigenvalue weighted by molar-refractivity contribution is -0.137. The van der Waals surface area contributed by atoms with Crippen LogP contribution in [-0.2, 0) is 9.53 Å². The molecule has 0 saturated heterocycles. The summed E-state index contributed by atoms with van der Waals surface area (Å²) >= 11 is 0. The molecule has 1 heterocycles. The molecule has 0 aliphatic rings. The van der Waals surface area contributed by atoms with Crippen LogP contribution in [0.5, 0.6) is 17.5 Å². The van der Waals surface area contributed by atoms with Crippen molar-refractivity contribution in [3.05, 3.63) is 6.07 Å². The minimum atomic E-state index is -1.00. The zero-order valence-electron chi connectivity index (χ0n) is 14.7. The highest BCUT2D eigenvalue weighted by molar-refractivity contribution is 5.83. The van der Waals surface area contributed by atoms with Crippen molar-refractivity contribution in [1.29, 1.82) is 0 Å². The molecular formula is C15H24N2O6. The lowest BCUT2D eigenvalue weighted by Gasteiger charge is -2.23. The first-order chi connectivity index (χ1) is 11.0. The van der Waals surface area contributed by atoms with E-state index in [1.807, 2.05) is 13.8 Å². The Morgan fingerprint density at radius 1 is 1.43 bits per heavy atom. The molecule has 130 valence electrons. The van der Waals surface area contributed by atoms with Crippen LogP contribution >= 0.6 is 0 Å². The van der Waals surface area contributed by atoms with Crippen LogP contribution in [0.25, 0.3) is 0 Å². The van der Waals surface area contributed by atoms with E-state index in [0.29, 0.717) is 0 Å². The van der Waals surface area contributed by atoms with Gasteiger partial charge in [-0.15, -0.1) is 0 Å². The van der Waals surface area contributed by atoms with E-state index < -0.39 is 29.6 Å². The van der Waals surface area contributed by atoms with Gasteiger partial charge < -0.3 is 25.0 Å². The number of aromatic hydroxyl groups is 2. The Bertz CT molecular complexity index is 585. The summed E-state index contributed by atoms with van der Waals surface area (Å²) in [6.07, 6.45) is -0.553. The van der Waals surface area contributed by atoms with Crippen LogP contribution < -0.4 is 10.1 Å². The third-order valence-electron chi connectivity index (χ3n) is 2.61. The van der Waals surface area contributed by atoms with Crippen LogP contribution in [0.4, 0.5) is 4.79 Å². The zero-order valence-corrected chi connectivity index (χ0v) is 13.7. The predicted octanol–water partition coefficient (Wildman–Crippen LogP) is 2.27. The number of alkyl carbamates (subject to hydrolysis) is 1. The van der Waals surface area contributed by atoms with Crippen molar-refractivity contribution in [2.24, 2.45) is 5.92 Å². The second kappa shape index (κ2) is 7.26. The molecule has 0 bridgehead atoms. The molecular weight excluding hydrogens is 304 g/mol. The molecule has 0 radical (unpaired) electrons. The quantitative estimate of drug-likeness (QED) is 0.615. The van der Waals surface area contributed by atoms with Gasteiger partial charge >= 0.3 is 12.1 Å². The molecule has 0 aliphatic carbocycles. The van der Waals surface area contributed by atoms with Gasteiger partial charge in [-0.3, -0.25) is 4.98 Å². The molecule has 0 unspecified atom stereocenters. The summed E-state index contributed by atoms with van der Waals surface area (Å²) in [6, 6.07) is 0.0387. The highest BCUT2D eigenvalue weighted by Gasteiger charge is 2.27. The Balaban J connectivity index is 2.78. The largest absolute Gasteiger partial charge is 0.494 e. The maximum atomic E-state index is 12.2. The summed E-state index contributed by atoms with van der Waals surface area (Å²) in [4.78, 5) is 26.3. The third kappa shape index (κ3) is 6.50. The SMILES string of the molecule is [2H]CC(C)(C)OC(=O)N[C@@H](CC(C)C)C(=O)Oc1cc(O)[nH]c1O. The van der Waals surface area contributed by atoms with E-state index in [9.17, 15) is 19.8 Å². The van der Waals surface area contributed by atoms with Crippen molar-refractivity contribution in [3.63, 3.8) is 0 Å². The Morgan fingerprint density at radius 2 is 2.09 bits per heavy atom. The Labute approximate surface area is 136 Å². The number of rotatable bonds is 5. The topological polar surface area (TPSA) is 121 Å². The zero-order chi connectivity index (χ0) is 18.5. The molecule has 1 rings (SSSR count). The van der Waals surface area contributed by atoms with E-state index in [-0.39, 0.29) is 30.9 Å². The van der Waals surface area contributed by atoms with E-state index in [1.165, 1.54) is 0 Å². The Morgan fingerprint density at radius 3 is 2.57 bits per heavy atom. The number of nitrogens with one attached hydrogen (secondary N) is 2. The number of aromatic amines is 1. The van der Waals surface area contributed by atoms with E-state index in [1.54, 1.807) is 13.8 Å². The van der Waals surface area contributed by atoms with Gasteiger partial charge in [-0.05, 0) is 33.1 Å². The maximum Gasteiger partial charge on any atom is 0.408 e. The first-order valence-electron chi connectivity index (χ1n) is 7.86. The molecule has 8 heteroatoms. The molecule has 0 aromatic carbocycles. The minimum absolute atomic E-state index is 0.0697. The van der Waals surface area contributed by atoms with Gasteiger partial charge in [0, 0.05) is 7.44 Å². The second-order valence-corrected chi connectivity index (χ2v) is 6.26. The number of carbonyl (C=O) groups excluding carboxylic acids is 2. The Kier molecular flexibility index (Phi) is 5.36. The van der Waals surface area contributed by atoms with Crippen molar-refractivity contribution in [3.8, 4) is 17.5 Å². The fourth-order valence-corrected chi connectivity index (χ4v) is 1.78. The molecule has 0 fully saturated rings. The Hall–Kier alpha value is -2.38. The molecule has 23 heavy (non-hydrogen) atoms. The highest BCUT2D eigenvalue weighted by Crippen LogP contribution is 2.30. The molecule has 0 saturated carbocycles. The fourth-order valence-electron chi connectivity index (χ4n) is 1.78. The van der Waals surface area contributed by atoms with Gasteiger partial charge in [-0.1, -0.05) is 13.8 Å². The predicted molar refractivity (Wildman–Crippen MR) is 82.4 cm³/mol.